The molecule has 3 aliphatic rings. The number of hydrogen-bond acceptors (Lipinski definition) is 7. The van der Waals surface area contributed by atoms with Crippen molar-refractivity contribution in [2.24, 2.45) is 0 Å². The van der Waals surface area contributed by atoms with Gasteiger partial charge in [-0.05, 0) is 80.0 Å². The number of carbonyl (C=O) groups excluding carboxylic acids is 2. The van der Waals surface area contributed by atoms with E-state index in [0.29, 0.717) is 80.4 Å². The quantitative estimate of drug-likeness (QED) is 0.294. The van der Waals surface area contributed by atoms with Gasteiger partial charge in [-0.15, -0.1) is 5.10 Å². The number of rotatable bonds is 6. The molecule has 1 aromatic heterocycles. The molecule has 3 fully saturated rings. The van der Waals surface area contributed by atoms with Crippen LogP contribution < -0.4 is 0 Å². The van der Waals surface area contributed by atoms with Crippen LogP contribution in [0.1, 0.15) is 61.7 Å². The van der Waals surface area contributed by atoms with Gasteiger partial charge in [0.25, 0.3) is 11.8 Å². The van der Waals surface area contributed by atoms with E-state index in [0.717, 1.165) is 30.1 Å². The summed E-state index contributed by atoms with van der Waals surface area (Å²) in [7, 11) is 0. The van der Waals surface area contributed by atoms with Crippen LogP contribution >= 0.6 is 11.5 Å². The van der Waals surface area contributed by atoms with Crippen LogP contribution in [-0.2, 0) is 18.8 Å². The molecule has 3 aliphatic heterocycles. The highest BCUT2D eigenvalue weighted by molar-refractivity contribution is 7.07. The fourth-order valence-corrected chi connectivity index (χ4v) is 7.89. The average molecular weight is 731 g/mol. The van der Waals surface area contributed by atoms with Crippen LogP contribution in [0.5, 0.6) is 0 Å². The molecule has 0 bridgehead atoms. The second-order valence-electron chi connectivity index (χ2n) is 13.0. The first-order valence-corrected chi connectivity index (χ1v) is 17.0. The zero-order valence-corrected chi connectivity index (χ0v) is 27.7. The van der Waals surface area contributed by atoms with E-state index in [2.05, 4.69) is 19.4 Å². The molecule has 17 heteroatoms. The third kappa shape index (κ3) is 7.78. The van der Waals surface area contributed by atoms with Crippen molar-refractivity contribution in [2.75, 3.05) is 45.8 Å². The lowest BCUT2D eigenvalue weighted by atomic mass is 9.90. The van der Waals surface area contributed by atoms with Crippen molar-refractivity contribution in [1.29, 1.82) is 0 Å². The van der Waals surface area contributed by atoms with Crippen molar-refractivity contribution in [1.82, 2.24) is 29.2 Å². The predicted octanol–water partition coefficient (Wildman–Crippen LogP) is 5.91. The molecule has 0 radical (unpaired) electrons. The fourth-order valence-electron chi connectivity index (χ4n) is 7.27. The Morgan fingerprint density at radius 2 is 1.42 bits per heavy atom. The summed E-state index contributed by atoms with van der Waals surface area (Å²) in [4.78, 5) is 34.9. The highest BCUT2D eigenvalue weighted by atomic mass is 32.1. The van der Waals surface area contributed by atoms with E-state index in [-0.39, 0.29) is 37.0 Å². The van der Waals surface area contributed by atoms with Crippen molar-refractivity contribution >= 4 is 23.3 Å². The second-order valence-corrected chi connectivity index (χ2v) is 13.8. The molecule has 8 nitrogen and oxygen atoms in total. The lowest BCUT2D eigenvalue weighted by Gasteiger charge is -2.47. The summed E-state index contributed by atoms with van der Waals surface area (Å²) in [5.74, 6) is -3.26. The monoisotopic (exact) mass is 730 g/mol. The Morgan fingerprint density at radius 1 is 0.800 bits per heavy atom. The Morgan fingerprint density at radius 3 is 2.00 bits per heavy atom. The van der Waals surface area contributed by atoms with Gasteiger partial charge >= 0.3 is 12.4 Å². The lowest BCUT2D eigenvalue weighted by molar-refractivity contribution is -0.143. The standard InChI is InChI=1S/C33H34F8N6O2S/c1-19-29(50-43-42-19)31(49)46-6-4-25(18-46)45-10-8-44(9-11-45)24-5-7-47(26(17-24)12-20-2-3-27(34)28(35)13-20)30(48)21-14-22(32(36,37)38)16-23(15-21)33(39,40)41/h2-3,13-16,24-26H,4-12,17-18H2,1H3/t24-,25+,26+/m1/s1. The number of halogens is 8. The number of benzene rings is 2. The normalized spacial score (nSPS) is 22.7. The summed E-state index contributed by atoms with van der Waals surface area (Å²) in [5.41, 5.74) is -2.99. The van der Waals surface area contributed by atoms with Gasteiger partial charge in [-0.3, -0.25) is 19.4 Å². The van der Waals surface area contributed by atoms with Crippen molar-refractivity contribution in [3.8, 4) is 0 Å². The van der Waals surface area contributed by atoms with Crippen molar-refractivity contribution in [3.63, 3.8) is 0 Å². The summed E-state index contributed by atoms with van der Waals surface area (Å²) in [6, 6.07) is 3.46. The molecule has 2 aromatic carbocycles. The zero-order valence-electron chi connectivity index (χ0n) is 26.9. The summed E-state index contributed by atoms with van der Waals surface area (Å²) < 4.78 is 113. The third-order valence-corrected chi connectivity index (χ3v) is 10.7. The van der Waals surface area contributed by atoms with E-state index < -0.39 is 52.6 Å². The van der Waals surface area contributed by atoms with Gasteiger partial charge in [-0.2, -0.15) is 26.3 Å². The average Bonchev–Trinajstić information content (AvgIpc) is 3.75. The van der Waals surface area contributed by atoms with Crippen LogP contribution in [0.15, 0.2) is 36.4 Å². The Hall–Kier alpha value is -3.70. The van der Waals surface area contributed by atoms with Crippen molar-refractivity contribution in [3.05, 3.63) is 80.9 Å². The van der Waals surface area contributed by atoms with Gasteiger partial charge in [0.2, 0.25) is 0 Å². The maximum Gasteiger partial charge on any atom is 0.416 e. The summed E-state index contributed by atoms with van der Waals surface area (Å²) >= 11 is 1.08. The van der Waals surface area contributed by atoms with Crippen LogP contribution in [-0.4, -0.2) is 105 Å². The molecular weight excluding hydrogens is 696 g/mol. The Labute approximate surface area is 286 Å². The first kappa shape index (κ1) is 36.1. The van der Waals surface area contributed by atoms with E-state index in [9.17, 15) is 44.7 Å². The number of likely N-dealkylation sites (tertiary alicyclic amines) is 2. The van der Waals surface area contributed by atoms with Crippen LogP contribution in [0.4, 0.5) is 35.1 Å². The number of aromatic nitrogens is 2. The highest BCUT2D eigenvalue weighted by Crippen LogP contribution is 2.37. The first-order valence-electron chi connectivity index (χ1n) is 16.2. The zero-order chi connectivity index (χ0) is 36.0. The highest BCUT2D eigenvalue weighted by Gasteiger charge is 2.41. The van der Waals surface area contributed by atoms with E-state index >= 15 is 0 Å². The summed E-state index contributed by atoms with van der Waals surface area (Å²) in [5, 5.41) is 3.93. The third-order valence-electron chi connectivity index (χ3n) is 9.92. The maximum atomic E-state index is 14.1. The Balaban J connectivity index is 1.16. The van der Waals surface area contributed by atoms with Crippen molar-refractivity contribution < 1.29 is 44.7 Å². The molecule has 50 heavy (non-hydrogen) atoms. The van der Waals surface area contributed by atoms with E-state index in [1.807, 2.05) is 4.90 Å². The number of aryl methyl sites for hydroxylation is 1. The minimum absolute atomic E-state index is 0.0190. The molecule has 0 unspecified atom stereocenters. The predicted molar refractivity (Wildman–Crippen MR) is 166 cm³/mol. The molecule has 0 aliphatic carbocycles. The lowest BCUT2D eigenvalue weighted by Crippen LogP contribution is -2.58. The van der Waals surface area contributed by atoms with Gasteiger partial charge in [0.1, 0.15) is 4.88 Å². The van der Waals surface area contributed by atoms with Gasteiger partial charge in [-0.1, -0.05) is 10.6 Å². The minimum atomic E-state index is -5.12. The van der Waals surface area contributed by atoms with Crippen LogP contribution in [0.3, 0.4) is 0 Å². The van der Waals surface area contributed by atoms with Crippen LogP contribution in [0.2, 0.25) is 0 Å². The smallest absolute Gasteiger partial charge is 0.336 e. The number of hydrogen-bond donors (Lipinski definition) is 0. The molecule has 0 N–H and O–H groups in total. The number of piperidine rings is 1. The van der Waals surface area contributed by atoms with E-state index in [1.54, 1.807) is 6.92 Å². The fraction of sp³-hybridized carbons (Fsp3) is 0.515. The SMILES string of the molecule is Cc1nnsc1C(=O)N1CC[C@H](N2CCN([C@@H]3CCN(C(=O)c4cc(C(F)(F)F)cc(C(F)(F)F)c4)[C@@H](Cc4ccc(F)c(F)c4)C3)CC2)C1. The Kier molecular flexibility index (Phi) is 10.2. The van der Waals surface area contributed by atoms with Gasteiger partial charge in [0.05, 0.1) is 16.8 Å². The summed E-state index contributed by atoms with van der Waals surface area (Å²) in [6.07, 6.45) is -8.67. The van der Waals surface area contributed by atoms with E-state index in [1.165, 1.54) is 11.0 Å². The van der Waals surface area contributed by atoms with Crippen LogP contribution in [0.25, 0.3) is 0 Å². The second kappa shape index (κ2) is 14.1. The van der Waals surface area contributed by atoms with E-state index in [4.69, 9.17) is 0 Å². The Bertz CT molecular complexity index is 1690. The minimum Gasteiger partial charge on any atom is -0.336 e. The molecule has 0 saturated carbocycles. The molecule has 6 rings (SSSR count). The number of piperazine rings is 1. The summed E-state index contributed by atoms with van der Waals surface area (Å²) in [6.45, 7) is 5.76. The maximum absolute atomic E-state index is 14.1. The molecule has 4 heterocycles. The molecule has 0 spiro atoms. The van der Waals surface area contributed by atoms with Gasteiger partial charge in [-0.25, -0.2) is 8.78 Å². The van der Waals surface area contributed by atoms with Crippen molar-refractivity contribution in [2.45, 2.75) is 63.1 Å². The largest absolute Gasteiger partial charge is 0.416 e. The van der Waals surface area contributed by atoms with Gasteiger partial charge < -0.3 is 9.80 Å². The molecule has 3 aromatic rings. The topological polar surface area (TPSA) is 72.9 Å². The first-order chi connectivity index (χ1) is 23.6. The number of alkyl halides is 6. The number of nitrogens with zero attached hydrogens (tertiary/aromatic N) is 6. The molecule has 270 valence electrons. The number of carbonyl (C=O) groups is 2. The molecule has 2 amide bonds. The van der Waals surface area contributed by atoms with Gasteiger partial charge in [0, 0.05) is 69.5 Å². The molecular formula is C33H34F8N6O2S. The van der Waals surface area contributed by atoms with Gasteiger partial charge in [0.15, 0.2) is 11.6 Å². The van der Waals surface area contributed by atoms with Crippen LogP contribution in [0, 0.1) is 18.6 Å². The molecule has 3 atom stereocenters. The molecule has 3 saturated heterocycles. The number of amides is 2.